The molecule has 2 aromatic heterocycles. The first-order valence-corrected chi connectivity index (χ1v) is 8.61. The van der Waals surface area contributed by atoms with Gasteiger partial charge in [-0.2, -0.15) is 10.1 Å². The molecular weight excluding hydrogens is 328 g/mol. The number of nitrogens with one attached hydrogen (secondary N) is 2. The average molecular weight is 350 g/mol. The van der Waals surface area contributed by atoms with E-state index in [-0.39, 0.29) is 0 Å². The van der Waals surface area contributed by atoms with E-state index in [1.807, 2.05) is 54.3 Å². The molecule has 0 unspecified atom stereocenters. The maximum Gasteiger partial charge on any atom is 0.222 e. The second-order valence-electron chi connectivity index (χ2n) is 6.32. The minimum Gasteiger partial charge on any atom is -0.379 e. The van der Waals surface area contributed by atoms with Crippen molar-refractivity contribution in [1.82, 2.24) is 25.1 Å². The summed E-state index contributed by atoms with van der Waals surface area (Å²) in [6.45, 7) is 2.47. The summed E-state index contributed by atoms with van der Waals surface area (Å²) in [4.78, 5) is 10.9. The highest BCUT2D eigenvalue weighted by atomic mass is 15.3. The third-order valence-corrected chi connectivity index (χ3v) is 4.51. The van der Waals surface area contributed by atoms with Crippen LogP contribution in [0.5, 0.6) is 0 Å². The predicted molar refractivity (Wildman–Crippen MR) is 102 cm³/mol. The first-order chi connectivity index (χ1) is 12.7. The zero-order valence-electron chi connectivity index (χ0n) is 14.6. The molecule has 0 bridgehead atoms. The molecule has 1 saturated heterocycles. The van der Waals surface area contributed by atoms with Gasteiger partial charge in [-0.1, -0.05) is 0 Å². The van der Waals surface area contributed by atoms with Crippen LogP contribution in [-0.4, -0.2) is 45.9 Å². The fourth-order valence-electron chi connectivity index (χ4n) is 2.95. The zero-order valence-corrected chi connectivity index (χ0v) is 14.6. The van der Waals surface area contributed by atoms with Crippen molar-refractivity contribution < 1.29 is 0 Å². The number of nitrogens with two attached hydrogens (primary N) is 1. The fourth-order valence-corrected chi connectivity index (χ4v) is 2.95. The van der Waals surface area contributed by atoms with Crippen LogP contribution in [0, 0.1) is 0 Å². The van der Waals surface area contributed by atoms with Gasteiger partial charge in [0, 0.05) is 43.3 Å². The number of rotatable bonds is 6. The van der Waals surface area contributed by atoms with Crippen molar-refractivity contribution in [2.24, 2.45) is 0 Å². The molecule has 134 valence electrons. The normalized spacial score (nSPS) is 14.3. The van der Waals surface area contributed by atoms with E-state index in [2.05, 4.69) is 30.6 Å². The van der Waals surface area contributed by atoms with E-state index in [1.54, 1.807) is 6.20 Å². The van der Waals surface area contributed by atoms with E-state index >= 15 is 0 Å². The van der Waals surface area contributed by atoms with Crippen LogP contribution in [0.15, 0.2) is 48.8 Å². The van der Waals surface area contributed by atoms with Crippen LogP contribution in [0.25, 0.3) is 5.69 Å². The van der Waals surface area contributed by atoms with Gasteiger partial charge in [-0.15, -0.1) is 0 Å². The summed E-state index contributed by atoms with van der Waals surface area (Å²) >= 11 is 0. The Hall–Kier alpha value is -3.13. The Bertz CT molecular complexity index is 853. The van der Waals surface area contributed by atoms with Crippen LogP contribution in [0.4, 0.5) is 17.5 Å². The van der Waals surface area contributed by atoms with Crippen LogP contribution in [-0.2, 0) is 6.54 Å². The number of hydrogen-bond donors (Lipinski definition) is 3. The minimum absolute atomic E-state index is 0.307. The van der Waals surface area contributed by atoms with Crippen molar-refractivity contribution in [1.29, 1.82) is 0 Å². The molecule has 4 N–H and O–H groups in total. The summed E-state index contributed by atoms with van der Waals surface area (Å²) < 4.78 is 1.83. The lowest BCUT2D eigenvalue weighted by molar-refractivity contribution is 0.447. The number of benzene rings is 1. The van der Waals surface area contributed by atoms with Crippen LogP contribution in [0.3, 0.4) is 0 Å². The average Bonchev–Trinajstić information content (AvgIpc) is 3.14. The standard InChI is InChI=1S/C18H22N8/c1-20-15-11-25(12-15)17-9-14(23-18(19)24-17)10-21-13-3-5-16(6-4-13)26-8-2-7-22-26/h2-9,15,20-21H,10-12H2,1H3,(H2,19,23,24). The van der Waals surface area contributed by atoms with E-state index in [4.69, 9.17) is 5.73 Å². The molecule has 4 rings (SSSR count). The van der Waals surface area contributed by atoms with E-state index in [0.717, 1.165) is 36.0 Å². The highest BCUT2D eigenvalue weighted by Crippen LogP contribution is 2.21. The molecule has 3 heterocycles. The Morgan fingerprint density at radius 3 is 2.69 bits per heavy atom. The van der Waals surface area contributed by atoms with E-state index < -0.39 is 0 Å². The van der Waals surface area contributed by atoms with Crippen LogP contribution in [0.1, 0.15) is 5.69 Å². The van der Waals surface area contributed by atoms with Gasteiger partial charge in [0.25, 0.3) is 0 Å². The second-order valence-corrected chi connectivity index (χ2v) is 6.32. The van der Waals surface area contributed by atoms with Gasteiger partial charge < -0.3 is 21.3 Å². The monoisotopic (exact) mass is 350 g/mol. The van der Waals surface area contributed by atoms with Crippen molar-refractivity contribution in [2.45, 2.75) is 12.6 Å². The number of nitrogens with zero attached hydrogens (tertiary/aromatic N) is 5. The van der Waals surface area contributed by atoms with Gasteiger partial charge >= 0.3 is 0 Å². The molecule has 8 heteroatoms. The highest BCUT2D eigenvalue weighted by Gasteiger charge is 2.26. The first-order valence-electron chi connectivity index (χ1n) is 8.61. The van der Waals surface area contributed by atoms with E-state index in [0.29, 0.717) is 18.5 Å². The van der Waals surface area contributed by atoms with Crippen molar-refractivity contribution in [3.8, 4) is 5.69 Å². The van der Waals surface area contributed by atoms with Crippen LogP contribution >= 0.6 is 0 Å². The fraction of sp³-hybridized carbons (Fsp3) is 0.278. The molecule has 8 nitrogen and oxygen atoms in total. The number of nitrogen functional groups attached to an aromatic ring is 1. The van der Waals surface area contributed by atoms with E-state index in [1.165, 1.54) is 0 Å². The Kier molecular flexibility index (Phi) is 4.40. The van der Waals surface area contributed by atoms with Gasteiger partial charge in [0.05, 0.1) is 17.9 Å². The molecule has 1 aliphatic heterocycles. The number of anilines is 3. The van der Waals surface area contributed by atoms with Gasteiger partial charge in [-0.25, -0.2) is 9.67 Å². The summed E-state index contributed by atoms with van der Waals surface area (Å²) in [6.07, 6.45) is 3.68. The summed E-state index contributed by atoms with van der Waals surface area (Å²) in [5.41, 5.74) is 8.79. The molecule has 0 radical (unpaired) electrons. The molecular formula is C18H22N8. The Morgan fingerprint density at radius 1 is 1.19 bits per heavy atom. The van der Waals surface area contributed by atoms with Crippen LogP contribution < -0.4 is 21.3 Å². The molecule has 0 atom stereocenters. The number of likely N-dealkylation sites (N-methyl/N-ethyl adjacent to an activating group) is 1. The lowest BCUT2D eigenvalue weighted by Crippen LogP contribution is -2.57. The smallest absolute Gasteiger partial charge is 0.222 e. The molecule has 1 aliphatic rings. The minimum atomic E-state index is 0.307. The molecule has 0 aliphatic carbocycles. The van der Waals surface area contributed by atoms with Crippen LogP contribution in [0.2, 0.25) is 0 Å². The first kappa shape index (κ1) is 16.3. The number of aromatic nitrogens is 4. The summed E-state index contributed by atoms with van der Waals surface area (Å²) in [6, 6.07) is 12.5. The van der Waals surface area contributed by atoms with Gasteiger partial charge in [0.15, 0.2) is 0 Å². The zero-order chi connectivity index (χ0) is 17.9. The molecule has 1 aromatic carbocycles. The molecule has 0 saturated carbocycles. The third kappa shape index (κ3) is 3.45. The van der Waals surface area contributed by atoms with E-state index in [9.17, 15) is 0 Å². The largest absolute Gasteiger partial charge is 0.379 e. The third-order valence-electron chi connectivity index (χ3n) is 4.51. The Morgan fingerprint density at radius 2 is 2.00 bits per heavy atom. The number of hydrogen-bond acceptors (Lipinski definition) is 7. The van der Waals surface area contributed by atoms with Crippen molar-refractivity contribution >= 4 is 17.5 Å². The van der Waals surface area contributed by atoms with Crippen molar-refractivity contribution in [3.63, 3.8) is 0 Å². The van der Waals surface area contributed by atoms with Gasteiger partial charge in [0.2, 0.25) is 5.95 Å². The second kappa shape index (κ2) is 7.01. The lowest BCUT2D eigenvalue weighted by atomic mass is 10.1. The quantitative estimate of drug-likeness (QED) is 0.616. The Labute approximate surface area is 152 Å². The predicted octanol–water partition coefficient (Wildman–Crippen LogP) is 1.26. The molecule has 0 amide bonds. The summed E-state index contributed by atoms with van der Waals surface area (Å²) in [5, 5.41) is 10.9. The summed E-state index contributed by atoms with van der Waals surface area (Å²) in [5.74, 6) is 1.19. The SMILES string of the molecule is CNC1CN(c2cc(CNc3ccc(-n4cccn4)cc3)nc(N)n2)C1. The highest BCUT2D eigenvalue weighted by molar-refractivity contribution is 5.50. The molecule has 1 fully saturated rings. The lowest BCUT2D eigenvalue weighted by Gasteiger charge is -2.40. The maximum absolute atomic E-state index is 5.88. The molecule has 26 heavy (non-hydrogen) atoms. The van der Waals surface area contributed by atoms with Gasteiger partial charge in [-0.3, -0.25) is 0 Å². The van der Waals surface area contributed by atoms with Gasteiger partial charge in [0.1, 0.15) is 5.82 Å². The topological polar surface area (TPSA) is 96.9 Å². The van der Waals surface area contributed by atoms with Gasteiger partial charge in [-0.05, 0) is 37.4 Å². The molecule has 0 spiro atoms. The summed E-state index contributed by atoms with van der Waals surface area (Å²) in [7, 11) is 1.98. The van der Waals surface area contributed by atoms with Crippen molar-refractivity contribution in [2.75, 3.05) is 36.1 Å². The van der Waals surface area contributed by atoms with Crippen molar-refractivity contribution in [3.05, 3.63) is 54.5 Å². The maximum atomic E-state index is 5.88. The Balaban J connectivity index is 1.40. The molecule has 3 aromatic rings.